The smallest absolute Gasteiger partial charge is 0.143 e. The second-order valence-corrected chi connectivity index (χ2v) is 13.5. The SMILES string of the molecule is c1ccc(-c2ccc(-c3c4ccccc4c(-c4cc5ccccc5c5ccccc45)c4ccccc34)c3c2oc2c4ccccc4ccc23)cc1. The van der Waals surface area contributed by atoms with Crippen LogP contribution in [0.2, 0.25) is 0 Å². The third kappa shape index (κ3) is 4.09. The molecule has 0 aliphatic carbocycles. The zero-order valence-corrected chi connectivity index (χ0v) is 27.7. The topological polar surface area (TPSA) is 13.1 Å². The molecule has 51 heavy (non-hydrogen) atoms. The first kappa shape index (κ1) is 28.2. The van der Waals surface area contributed by atoms with E-state index >= 15 is 0 Å². The van der Waals surface area contributed by atoms with Crippen molar-refractivity contribution in [2.45, 2.75) is 0 Å². The number of rotatable bonds is 3. The lowest BCUT2D eigenvalue weighted by molar-refractivity contribution is 0.674. The third-order valence-electron chi connectivity index (χ3n) is 10.8. The van der Waals surface area contributed by atoms with E-state index in [2.05, 4.69) is 182 Å². The van der Waals surface area contributed by atoms with Crippen molar-refractivity contribution in [3.63, 3.8) is 0 Å². The van der Waals surface area contributed by atoms with Gasteiger partial charge < -0.3 is 4.42 Å². The first-order valence-electron chi connectivity index (χ1n) is 17.6. The summed E-state index contributed by atoms with van der Waals surface area (Å²) < 4.78 is 7.02. The number of hydrogen-bond donors (Lipinski definition) is 0. The molecule has 0 bridgehead atoms. The third-order valence-corrected chi connectivity index (χ3v) is 10.8. The first-order chi connectivity index (χ1) is 25.3. The van der Waals surface area contributed by atoms with Crippen LogP contribution in [0.1, 0.15) is 0 Å². The molecule has 0 unspecified atom stereocenters. The van der Waals surface area contributed by atoms with Crippen LogP contribution in [-0.4, -0.2) is 0 Å². The molecule has 0 amide bonds. The second-order valence-electron chi connectivity index (χ2n) is 13.5. The first-order valence-corrected chi connectivity index (χ1v) is 17.6. The summed E-state index contributed by atoms with van der Waals surface area (Å²) in [6.45, 7) is 0. The number of fused-ring (bicyclic) bond motifs is 10. The number of benzene rings is 10. The van der Waals surface area contributed by atoms with Crippen molar-refractivity contribution in [3.8, 4) is 33.4 Å². The van der Waals surface area contributed by atoms with Crippen LogP contribution in [0.25, 0.3) is 109 Å². The lowest BCUT2D eigenvalue weighted by Crippen LogP contribution is -1.93. The molecular weight excluding hydrogens is 617 g/mol. The number of hydrogen-bond acceptors (Lipinski definition) is 1. The fourth-order valence-corrected chi connectivity index (χ4v) is 8.63. The Hall–Kier alpha value is -6.70. The van der Waals surface area contributed by atoms with Gasteiger partial charge in [0.2, 0.25) is 0 Å². The fourth-order valence-electron chi connectivity index (χ4n) is 8.63. The van der Waals surface area contributed by atoms with Crippen LogP contribution in [0.4, 0.5) is 0 Å². The van der Waals surface area contributed by atoms with Crippen molar-refractivity contribution in [2.75, 3.05) is 0 Å². The van der Waals surface area contributed by atoms with Gasteiger partial charge in [-0.2, -0.15) is 0 Å². The normalized spacial score (nSPS) is 11.9. The van der Waals surface area contributed by atoms with Crippen molar-refractivity contribution in [3.05, 3.63) is 182 Å². The Morgan fingerprint density at radius 2 is 0.784 bits per heavy atom. The minimum absolute atomic E-state index is 0.919. The zero-order valence-electron chi connectivity index (χ0n) is 27.7. The van der Waals surface area contributed by atoms with Crippen molar-refractivity contribution in [2.24, 2.45) is 0 Å². The number of furan rings is 1. The lowest BCUT2D eigenvalue weighted by Gasteiger charge is -2.20. The molecule has 1 nitrogen and oxygen atoms in total. The molecular formula is C50H30O. The van der Waals surface area contributed by atoms with E-state index in [9.17, 15) is 0 Å². The molecule has 1 aromatic heterocycles. The predicted molar refractivity (Wildman–Crippen MR) is 218 cm³/mol. The van der Waals surface area contributed by atoms with E-state index in [1.165, 1.54) is 70.7 Å². The van der Waals surface area contributed by atoms with Gasteiger partial charge in [-0.3, -0.25) is 0 Å². The van der Waals surface area contributed by atoms with Gasteiger partial charge in [-0.1, -0.05) is 164 Å². The maximum Gasteiger partial charge on any atom is 0.143 e. The summed E-state index contributed by atoms with van der Waals surface area (Å²) in [5.41, 5.74) is 9.04. The van der Waals surface area contributed by atoms with Gasteiger partial charge in [0.25, 0.3) is 0 Å². The van der Waals surface area contributed by atoms with Crippen LogP contribution in [0, 0.1) is 0 Å². The largest absolute Gasteiger partial charge is 0.455 e. The van der Waals surface area contributed by atoms with Crippen LogP contribution in [0.5, 0.6) is 0 Å². The average Bonchev–Trinajstić information content (AvgIpc) is 3.60. The van der Waals surface area contributed by atoms with Crippen LogP contribution in [0.15, 0.2) is 186 Å². The molecule has 236 valence electrons. The highest BCUT2D eigenvalue weighted by Gasteiger charge is 2.23. The molecule has 11 rings (SSSR count). The Kier molecular flexibility index (Phi) is 6.02. The molecule has 0 spiro atoms. The summed E-state index contributed by atoms with van der Waals surface area (Å²) in [5.74, 6) is 0. The van der Waals surface area contributed by atoms with Gasteiger partial charge in [0.1, 0.15) is 11.2 Å². The Labute approximate surface area is 294 Å². The summed E-state index contributed by atoms with van der Waals surface area (Å²) in [6, 6.07) is 66.2. The monoisotopic (exact) mass is 646 g/mol. The van der Waals surface area contributed by atoms with E-state index in [0.29, 0.717) is 0 Å². The molecule has 0 aliphatic heterocycles. The summed E-state index contributed by atoms with van der Waals surface area (Å²) in [7, 11) is 0. The van der Waals surface area contributed by atoms with E-state index in [0.717, 1.165) is 38.5 Å². The molecule has 1 heteroatoms. The van der Waals surface area contributed by atoms with Crippen LogP contribution in [0.3, 0.4) is 0 Å². The summed E-state index contributed by atoms with van der Waals surface area (Å²) in [5, 5.41) is 14.6. The second kappa shape index (κ2) is 10.9. The summed E-state index contributed by atoms with van der Waals surface area (Å²) >= 11 is 0. The van der Waals surface area contributed by atoms with Gasteiger partial charge in [-0.15, -0.1) is 0 Å². The Balaban J connectivity index is 1.31. The van der Waals surface area contributed by atoms with Crippen LogP contribution in [-0.2, 0) is 0 Å². The van der Waals surface area contributed by atoms with Crippen molar-refractivity contribution < 1.29 is 4.42 Å². The molecule has 0 atom stereocenters. The molecule has 0 N–H and O–H groups in total. The van der Waals surface area contributed by atoms with Gasteiger partial charge >= 0.3 is 0 Å². The standard InChI is InChI=1S/C50H30O/c1-2-14-31(15-3-1)36-28-29-43(48-44-27-26-32-16-4-7-19-35(32)49(44)51-50(36)48)46-39-22-10-12-24-41(39)47(42-25-13-11-23-40(42)46)45-30-33-17-5-6-18-34(33)37-20-8-9-21-38(37)45/h1-30H. The molecule has 10 aromatic carbocycles. The minimum Gasteiger partial charge on any atom is -0.455 e. The van der Waals surface area contributed by atoms with E-state index in [1.54, 1.807) is 0 Å². The van der Waals surface area contributed by atoms with Crippen molar-refractivity contribution in [1.82, 2.24) is 0 Å². The fraction of sp³-hybridized carbons (Fsp3) is 0. The van der Waals surface area contributed by atoms with E-state index in [1.807, 2.05) is 0 Å². The molecule has 0 saturated heterocycles. The van der Waals surface area contributed by atoms with Gasteiger partial charge in [0, 0.05) is 21.7 Å². The quantitative estimate of drug-likeness (QED) is 0.138. The Morgan fingerprint density at radius 3 is 1.47 bits per heavy atom. The zero-order chi connectivity index (χ0) is 33.5. The van der Waals surface area contributed by atoms with E-state index < -0.39 is 0 Å². The summed E-state index contributed by atoms with van der Waals surface area (Å²) in [4.78, 5) is 0. The van der Waals surface area contributed by atoms with Crippen LogP contribution >= 0.6 is 0 Å². The van der Waals surface area contributed by atoms with E-state index in [-0.39, 0.29) is 0 Å². The van der Waals surface area contributed by atoms with E-state index in [4.69, 9.17) is 4.42 Å². The average molecular weight is 647 g/mol. The lowest BCUT2D eigenvalue weighted by atomic mass is 9.82. The Bertz CT molecular complexity index is 3130. The highest BCUT2D eigenvalue weighted by Crippen LogP contribution is 2.50. The van der Waals surface area contributed by atoms with Crippen molar-refractivity contribution in [1.29, 1.82) is 0 Å². The predicted octanol–water partition coefficient (Wildman–Crippen LogP) is 14.4. The molecule has 0 radical (unpaired) electrons. The maximum atomic E-state index is 7.02. The highest BCUT2D eigenvalue weighted by atomic mass is 16.3. The van der Waals surface area contributed by atoms with Crippen molar-refractivity contribution >= 4 is 75.8 Å². The maximum absolute atomic E-state index is 7.02. The van der Waals surface area contributed by atoms with Gasteiger partial charge in [0.15, 0.2) is 0 Å². The van der Waals surface area contributed by atoms with Gasteiger partial charge in [-0.05, 0) is 94.5 Å². The molecule has 1 heterocycles. The highest BCUT2D eigenvalue weighted by molar-refractivity contribution is 6.30. The minimum atomic E-state index is 0.919. The molecule has 0 saturated carbocycles. The van der Waals surface area contributed by atoms with Crippen LogP contribution < -0.4 is 0 Å². The Morgan fingerprint density at radius 1 is 0.275 bits per heavy atom. The molecule has 0 fully saturated rings. The van der Waals surface area contributed by atoms with Gasteiger partial charge in [0.05, 0.1) is 0 Å². The molecule has 0 aliphatic rings. The molecule has 11 aromatic rings. The van der Waals surface area contributed by atoms with Gasteiger partial charge in [-0.25, -0.2) is 0 Å². The summed E-state index contributed by atoms with van der Waals surface area (Å²) in [6.07, 6.45) is 0.